The molecule has 0 bridgehead atoms. The Balaban J connectivity index is 1.69. The van der Waals surface area contributed by atoms with Gasteiger partial charge in [-0.2, -0.15) is 8.42 Å². The fourth-order valence-corrected chi connectivity index (χ4v) is 4.77. The van der Waals surface area contributed by atoms with E-state index in [-0.39, 0.29) is 10.7 Å². The minimum absolute atomic E-state index is 0.152. The van der Waals surface area contributed by atoms with Crippen LogP contribution < -0.4 is 15.2 Å². The van der Waals surface area contributed by atoms with Crippen LogP contribution in [0.4, 0.5) is 5.82 Å². The van der Waals surface area contributed by atoms with Crippen molar-refractivity contribution in [1.29, 1.82) is 0 Å². The summed E-state index contributed by atoms with van der Waals surface area (Å²) in [5, 5.41) is 0.637. The SMILES string of the molecule is COc1ccc(OC)c(Sc2nc3c(N)ncnc3n2CCc2ccc(S(=O)(=O)O)cc2)c1. The predicted octanol–water partition coefficient (Wildman–Crippen LogP) is 3.07. The number of nitrogen functional groups attached to an aromatic ring is 1. The summed E-state index contributed by atoms with van der Waals surface area (Å²) >= 11 is 1.38. The van der Waals surface area contributed by atoms with Crippen LogP contribution in [-0.2, 0) is 23.1 Å². The lowest BCUT2D eigenvalue weighted by Crippen LogP contribution is -2.05. The van der Waals surface area contributed by atoms with Crippen LogP contribution in [-0.4, -0.2) is 46.7 Å². The maximum atomic E-state index is 11.3. The van der Waals surface area contributed by atoms with Crippen LogP contribution in [0.3, 0.4) is 0 Å². The van der Waals surface area contributed by atoms with Gasteiger partial charge in [0.2, 0.25) is 0 Å². The summed E-state index contributed by atoms with van der Waals surface area (Å²) in [7, 11) is -1.05. The Kier molecular flexibility index (Phi) is 6.40. The number of fused-ring (bicyclic) bond motifs is 1. The maximum absolute atomic E-state index is 11.3. The van der Waals surface area contributed by atoms with Crippen molar-refractivity contribution < 1.29 is 22.4 Å². The van der Waals surface area contributed by atoms with Crippen molar-refractivity contribution in [2.75, 3.05) is 20.0 Å². The molecule has 0 fully saturated rings. The van der Waals surface area contributed by atoms with E-state index in [4.69, 9.17) is 15.2 Å². The Morgan fingerprint density at radius 1 is 1.09 bits per heavy atom. The van der Waals surface area contributed by atoms with Gasteiger partial charge in [0.1, 0.15) is 17.8 Å². The molecule has 0 aliphatic heterocycles. The Bertz CT molecular complexity index is 1400. The highest BCUT2D eigenvalue weighted by Gasteiger charge is 2.18. The molecule has 33 heavy (non-hydrogen) atoms. The summed E-state index contributed by atoms with van der Waals surface area (Å²) in [6.45, 7) is 0.493. The van der Waals surface area contributed by atoms with Crippen molar-refractivity contribution in [3.05, 3.63) is 54.4 Å². The van der Waals surface area contributed by atoms with Crippen molar-refractivity contribution in [1.82, 2.24) is 19.5 Å². The van der Waals surface area contributed by atoms with Gasteiger partial charge in [0.05, 0.1) is 24.0 Å². The molecule has 12 heteroatoms. The molecule has 4 rings (SSSR count). The van der Waals surface area contributed by atoms with E-state index in [0.29, 0.717) is 40.8 Å². The van der Waals surface area contributed by atoms with E-state index in [9.17, 15) is 13.0 Å². The third kappa shape index (κ3) is 4.87. The molecule has 2 aromatic heterocycles. The first kappa shape index (κ1) is 22.8. The van der Waals surface area contributed by atoms with Crippen molar-refractivity contribution in [2.24, 2.45) is 0 Å². The first-order chi connectivity index (χ1) is 15.8. The number of nitrogens with zero attached hydrogens (tertiary/aromatic N) is 4. The van der Waals surface area contributed by atoms with E-state index >= 15 is 0 Å². The van der Waals surface area contributed by atoms with E-state index in [1.807, 2.05) is 22.8 Å². The lowest BCUT2D eigenvalue weighted by molar-refractivity contribution is 0.394. The number of nitrogens with two attached hydrogens (primary N) is 1. The number of hydrogen-bond acceptors (Lipinski definition) is 9. The minimum Gasteiger partial charge on any atom is -0.497 e. The molecule has 172 valence electrons. The minimum atomic E-state index is -4.24. The van der Waals surface area contributed by atoms with Crippen molar-refractivity contribution in [3.63, 3.8) is 0 Å². The molecule has 3 N–H and O–H groups in total. The number of rotatable bonds is 8. The fraction of sp³-hybridized carbons (Fsp3) is 0.190. The van der Waals surface area contributed by atoms with E-state index < -0.39 is 10.1 Å². The molecule has 0 aliphatic rings. The molecule has 0 saturated heterocycles. The summed E-state index contributed by atoms with van der Waals surface area (Å²) in [6, 6.07) is 11.5. The van der Waals surface area contributed by atoms with E-state index in [0.717, 1.165) is 10.5 Å². The molecule has 0 unspecified atom stereocenters. The highest BCUT2D eigenvalue weighted by molar-refractivity contribution is 7.99. The number of imidazole rings is 1. The van der Waals surface area contributed by atoms with Crippen LogP contribution in [0.2, 0.25) is 0 Å². The van der Waals surface area contributed by atoms with Crippen LogP contribution in [0.15, 0.2) is 63.7 Å². The number of benzene rings is 2. The first-order valence-electron chi connectivity index (χ1n) is 9.73. The maximum Gasteiger partial charge on any atom is 0.294 e. The number of ether oxygens (including phenoxy) is 2. The van der Waals surface area contributed by atoms with Gasteiger partial charge in [-0.25, -0.2) is 15.0 Å². The van der Waals surface area contributed by atoms with Gasteiger partial charge in [-0.3, -0.25) is 4.55 Å². The largest absolute Gasteiger partial charge is 0.497 e. The highest BCUT2D eigenvalue weighted by atomic mass is 32.2. The zero-order valence-corrected chi connectivity index (χ0v) is 19.4. The number of methoxy groups -OCH3 is 2. The van der Waals surface area contributed by atoms with Crippen LogP contribution >= 0.6 is 11.8 Å². The number of hydrogen-bond donors (Lipinski definition) is 2. The average Bonchev–Trinajstić information content (AvgIpc) is 3.15. The zero-order chi connectivity index (χ0) is 23.6. The second-order valence-electron chi connectivity index (χ2n) is 6.97. The molecule has 0 amide bonds. The van der Waals surface area contributed by atoms with Gasteiger partial charge in [-0.1, -0.05) is 12.1 Å². The predicted molar refractivity (Wildman–Crippen MR) is 123 cm³/mol. The quantitative estimate of drug-likeness (QED) is 0.356. The summed E-state index contributed by atoms with van der Waals surface area (Å²) in [5.41, 5.74) is 7.99. The van der Waals surface area contributed by atoms with Gasteiger partial charge in [0, 0.05) is 6.54 Å². The molecule has 2 heterocycles. The second kappa shape index (κ2) is 9.25. The molecule has 0 atom stereocenters. The van der Waals surface area contributed by atoms with Gasteiger partial charge >= 0.3 is 0 Å². The summed E-state index contributed by atoms with van der Waals surface area (Å²) in [6.07, 6.45) is 1.95. The van der Waals surface area contributed by atoms with Gasteiger partial charge in [-0.15, -0.1) is 0 Å². The highest BCUT2D eigenvalue weighted by Crippen LogP contribution is 2.38. The zero-order valence-electron chi connectivity index (χ0n) is 17.8. The van der Waals surface area contributed by atoms with Gasteiger partial charge in [0.25, 0.3) is 10.1 Å². The Morgan fingerprint density at radius 3 is 2.52 bits per heavy atom. The number of aryl methyl sites for hydroxylation is 2. The normalized spacial score (nSPS) is 11.6. The van der Waals surface area contributed by atoms with Crippen LogP contribution in [0.1, 0.15) is 5.56 Å². The molecule has 10 nitrogen and oxygen atoms in total. The first-order valence-corrected chi connectivity index (χ1v) is 12.0. The standard InChI is InChI=1S/C21H21N5O5S2/c1-30-14-5-8-16(31-2)17(11-14)32-21-25-18-19(22)23-12-24-20(18)26(21)10-9-13-3-6-15(7-4-13)33(27,28)29/h3-8,11-12H,9-10H2,1-2H3,(H2,22,23,24)(H,27,28,29). The van der Waals surface area contributed by atoms with Crippen LogP contribution in [0.5, 0.6) is 11.5 Å². The molecule has 0 radical (unpaired) electrons. The van der Waals surface area contributed by atoms with Crippen molar-refractivity contribution >= 4 is 38.9 Å². The topological polar surface area (TPSA) is 142 Å². The van der Waals surface area contributed by atoms with Crippen LogP contribution in [0, 0.1) is 0 Å². The van der Waals surface area contributed by atoms with Gasteiger partial charge < -0.3 is 19.8 Å². The smallest absolute Gasteiger partial charge is 0.294 e. The van der Waals surface area contributed by atoms with E-state index in [1.54, 1.807) is 26.4 Å². The average molecular weight is 488 g/mol. The molecule has 2 aromatic carbocycles. The number of anilines is 1. The Morgan fingerprint density at radius 2 is 1.85 bits per heavy atom. The van der Waals surface area contributed by atoms with E-state index in [2.05, 4.69) is 15.0 Å². The number of aromatic nitrogens is 4. The summed E-state index contributed by atoms with van der Waals surface area (Å²) in [4.78, 5) is 13.7. The molecule has 0 saturated carbocycles. The van der Waals surface area contributed by atoms with Crippen LogP contribution in [0.25, 0.3) is 11.2 Å². The van der Waals surface area contributed by atoms with Crippen molar-refractivity contribution in [2.45, 2.75) is 27.9 Å². The molecule has 0 aliphatic carbocycles. The monoisotopic (exact) mass is 487 g/mol. The lowest BCUT2D eigenvalue weighted by atomic mass is 10.1. The fourth-order valence-electron chi connectivity index (χ4n) is 3.24. The van der Waals surface area contributed by atoms with Crippen molar-refractivity contribution in [3.8, 4) is 11.5 Å². The summed E-state index contributed by atoms with van der Waals surface area (Å²) in [5.74, 6) is 1.62. The Labute approximate surface area is 194 Å². The molecule has 4 aromatic rings. The Hall–Kier alpha value is -3.35. The third-order valence-electron chi connectivity index (χ3n) is 4.94. The molecular weight excluding hydrogens is 466 g/mol. The molecule has 0 spiro atoms. The summed E-state index contributed by atoms with van der Waals surface area (Å²) < 4.78 is 44.5. The van der Waals surface area contributed by atoms with E-state index in [1.165, 1.54) is 30.2 Å². The lowest BCUT2D eigenvalue weighted by Gasteiger charge is -2.12. The van der Waals surface area contributed by atoms with Gasteiger partial charge in [-0.05, 0) is 54.1 Å². The molecular formula is C21H21N5O5S2. The van der Waals surface area contributed by atoms with Gasteiger partial charge in [0.15, 0.2) is 22.1 Å². The third-order valence-corrected chi connectivity index (χ3v) is 6.84. The second-order valence-corrected chi connectivity index (χ2v) is 9.40.